The van der Waals surface area contributed by atoms with Gasteiger partial charge in [-0.2, -0.15) is 0 Å². The van der Waals surface area contributed by atoms with Gasteiger partial charge in [-0.1, -0.05) is 37.3 Å². The molecule has 8 nitrogen and oxygen atoms in total. The Morgan fingerprint density at radius 1 is 0.955 bits per heavy atom. The number of methoxy groups -OCH3 is 1. The molecule has 1 aliphatic rings. The number of benzene rings is 2. The third-order valence-corrected chi connectivity index (χ3v) is 9.26. The van der Waals surface area contributed by atoms with E-state index in [4.69, 9.17) is 9.47 Å². The first kappa shape index (κ1) is 31.4. The summed E-state index contributed by atoms with van der Waals surface area (Å²) in [7, 11) is 1.37. The number of hydrogen-bond donors (Lipinski definition) is 0. The number of ether oxygens (including phenoxy) is 2. The Bertz CT molecular complexity index is 1670. The molecule has 0 radical (unpaired) electrons. The van der Waals surface area contributed by atoms with Gasteiger partial charge in [0.25, 0.3) is 0 Å². The van der Waals surface area contributed by atoms with Crippen molar-refractivity contribution in [2.45, 2.75) is 78.9 Å². The van der Waals surface area contributed by atoms with Gasteiger partial charge in [0, 0.05) is 16.8 Å². The molecule has 0 unspecified atom stereocenters. The SMILES string of the molecule is COC(=O)c1sc(-c2ccc(-c3ccc4ncn(C(=O)OC(C)(C)C)c4c3)cc2)cc1N(C(=O)C1CCC(C)CC1)C(C)C. The minimum atomic E-state index is -0.620. The fourth-order valence-corrected chi connectivity index (χ4v) is 6.84. The third kappa shape index (κ3) is 6.58. The molecule has 232 valence electrons. The molecule has 1 aliphatic carbocycles. The number of amides is 1. The lowest BCUT2D eigenvalue weighted by Crippen LogP contribution is -2.42. The van der Waals surface area contributed by atoms with E-state index in [-0.39, 0.29) is 17.9 Å². The van der Waals surface area contributed by atoms with E-state index >= 15 is 0 Å². The van der Waals surface area contributed by atoms with E-state index < -0.39 is 17.7 Å². The van der Waals surface area contributed by atoms with Gasteiger partial charge in [0.05, 0.1) is 23.8 Å². The second-order valence-corrected chi connectivity index (χ2v) is 14.0. The van der Waals surface area contributed by atoms with Crippen molar-refractivity contribution < 1.29 is 23.9 Å². The Morgan fingerprint density at radius 3 is 2.20 bits per heavy atom. The average molecular weight is 616 g/mol. The largest absolute Gasteiger partial charge is 0.465 e. The maximum atomic E-state index is 13.8. The molecule has 2 aromatic carbocycles. The van der Waals surface area contributed by atoms with Gasteiger partial charge in [0.2, 0.25) is 5.91 Å². The van der Waals surface area contributed by atoms with Crippen LogP contribution >= 0.6 is 11.3 Å². The number of rotatable bonds is 6. The van der Waals surface area contributed by atoms with Crippen LogP contribution in [0.5, 0.6) is 0 Å². The standard InChI is InChI=1S/C35H41N3O5S/c1-21(2)38(32(39)25-10-8-22(3)9-11-25)29-19-30(44-31(29)33(40)42-7)24-14-12-23(13-15-24)26-16-17-27-28(18-26)37(20-36-27)34(41)43-35(4,5)6/h12-22,25H,8-11H2,1-7H3. The minimum absolute atomic E-state index is 0.0364. The lowest BCUT2D eigenvalue weighted by molar-refractivity contribution is -0.123. The Balaban J connectivity index is 1.45. The minimum Gasteiger partial charge on any atom is -0.465 e. The van der Waals surface area contributed by atoms with E-state index in [0.717, 1.165) is 47.3 Å². The van der Waals surface area contributed by atoms with Gasteiger partial charge >= 0.3 is 12.1 Å². The van der Waals surface area contributed by atoms with Crippen molar-refractivity contribution in [1.29, 1.82) is 0 Å². The zero-order valence-corrected chi connectivity index (χ0v) is 27.4. The number of fused-ring (bicyclic) bond motifs is 1. The van der Waals surface area contributed by atoms with Gasteiger partial charge in [0.1, 0.15) is 16.8 Å². The van der Waals surface area contributed by atoms with Crippen LogP contribution in [0.1, 0.15) is 76.9 Å². The summed E-state index contributed by atoms with van der Waals surface area (Å²) in [5.74, 6) is 0.240. The Labute approximate surface area is 263 Å². The van der Waals surface area contributed by atoms with Gasteiger partial charge in [-0.25, -0.2) is 19.1 Å². The highest BCUT2D eigenvalue weighted by Crippen LogP contribution is 2.41. The van der Waals surface area contributed by atoms with Gasteiger partial charge in [0.15, 0.2) is 0 Å². The molecule has 5 rings (SSSR count). The van der Waals surface area contributed by atoms with Gasteiger partial charge < -0.3 is 14.4 Å². The highest BCUT2D eigenvalue weighted by Gasteiger charge is 2.33. The van der Waals surface area contributed by atoms with Gasteiger partial charge in [-0.3, -0.25) is 4.79 Å². The van der Waals surface area contributed by atoms with E-state index in [1.807, 2.05) is 83.1 Å². The number of anilines is 1. The zero-order valence-electron chi connectivity index (χ0n) is 26.5. The molecular weight excluding hydrogens is 574 g/mol. The Kier molecular flexibility index (Phi) is 8.97. The first-order valence-electron chi connectivity index (χ1n) is 15.2. The molecule has 2 heterocycles. The lowest BCUT2D eigenvalue weighted by Gasteiger charge is -2.33. The molecule has 1 fully saturated rings. The normalized spacial score (nSPS) is 17.1. The third-order valence-electron chi connectivity index (χ3n) is 8.10. The van der Waals surface area contributed by atoms with E-state index in [2.05, 4.69) is 11.9 Å². The van der Waals surface area contributed by atoms with E-state index in [1.54, 1.807) is 4.90 Å². The Hall–Kier alpha value is -3.98. The summed E-state index contributed by atoms with van der Waals surface area (Å²) in [5, 5.41) is 0. The van der Waals surface area contributed by atoms with Gasteiger partial charge in [-0.15, -0.1) is 11.3 Å². The van der Waals surface area contributed by atoms with Crippen LogP contribution in [0.2, 0.25) is 0 Å². The predicted octanol–water partition coefficient (Wildman–Crippen LogP) is 8.57. The molecule has 0 N–H and O–H groups in total. The monoisotopic (exact) mass is 615 g/mol. The molecule has 1 amide bonds. The molecule has 0 aliphatic heterocycles. The second kappa shape index (κ2) is 12.6. The molecule has 1 saturated carbocycles. The van der Waals surface area contributed by atoms with Crippen LogP contribution in [0.3, 0.4) is 0 Å². The summed E-state index contributed by atoms with van der Waals surface area (Å²) in [4.78, 5) is 47.0. The number of aromatic nitrogens is 2. The maximum Gasteiger partial charge on any atom is 0.420 e. The molecule has 0 saturated heterocycles. The second-order valence-electron chi connectivity index (χ2n) is 13.0. The number of nitrogens with zero attached hydrogens (tertiary/aromatic N) is 3. The van der Waals surface area contributed by atoms with Crippen molar-refractivity contribution in [3.05, 3.63) is 59.7 Å². The predicted molar refractivity (Wildman–Crippen MR) is 175 cm³/mol. The summed E-state index contributed by atoms with van der Waals surface area (Å²) in [5.41, 5.74) is 4.17. The number of hydrogen-bond acceptors (Lipinski definition) is 7. The quantitative estimate of drug-likeness (QED) is 0.202. The number of thiophene rings is 1. The summed E-state index contributed by atoms with van der Waals surface area (Å²) >= 11 is 1.34. The highest BCUT2D eigenvalue weighted by molar-refractivity contribution is 7.18. The number of esters is 1. The number of imidazole rings is 1. The van der Waals surface area contributed by atoms with Crippen LogP contribution in [-0.2, 0) is 14.3 Å². The van der Waals surface area contributed by atoms with Crippen LogP contribution in [0.15, 0.2) is 54.9 Å². The summed E-state index contributed by atoms with van der Waals surface area (Å²) in [6, 6.07) is 15.7. The van der Waals surface area contributed by atoms with E-state index in [0.29, 0.717) is 27.5 Å². The first-order chi connectivity index (χ1) is 20.9. The molecule has 2 aromatic heterocycles. The summed E-state index contributed by atoms with van der Waals surface area (Å²) in [6.45, 7) is 11.7. The number of carbonyl (C=O) groups is 3. The lowest BCUT2D eigenvalue weighted by atomic mass is 9.82. The van der Waals surface area contributed by atoms with E-state index in [1.165, 1.54) is 29.3 Å². The summed E-state index contributed by atoms with van der Waals surface area (Å²) in [6.07, 6.45) is 4.85. The highest BCUT2D eigenvalue weighted by atomic mass is 32.1. The van der Waals surface area contributed by atoms with Crippen molar-refractivity contribution in [3.63, 3.8) is 0 Å². The fourth-order valence-electron chi connectivity index (χ4n) is 5.77. The van der Waals surface area contributed by atoms with Crippen LogP contribution in [-0.4, -0.2) is 46.3 Å². The molecule has 44 heavy (non-hydrogen) atoms. The molecule has 0 spiro atoms. The van der Waals surface area contributed by atoms with Gasteiger partial charge in [-0.05, 0) is 101 Å². The maximum absolute atomic E-state index is 13.8. The average Bonchev–Trinajstić information content (AvgIpc) is 3.61. The molecule has 0 atom stereocenters. The van der Waals surface area contributed by atoms with Crippen molar-refractivity contribution >= 4 is 46.0 Å². The van der Waals surface area contributed by atoms with E-state index in [9.17, 15) is 14.4 Å². The molecular formula is C35H41N3O5S. The van der Waals surface area contributed by atoms with Crippen molar-refractivity contribution in [1.82, 2.24) is 9.55 Å². The molecule has 0 bridgehead atoms. The van der Waals surface area contributed by atoms with Crippen molar-refractivity contribution in [2.24, 2.45) is 11.8 Å². The zero-order chi connectivity index (χ0) is 31.8. The van der Waals surface area contributed by atoms with Crippen LogP contribution in [0.4, 0.5) is 10.5 Å². The number of carbonyl (C=O) groups excluding carboxylic acids is 3. The Morgan fingerprint density at radius 2 is 1.59 bits per heavy atom. The smallest absolute Gasteiger partial charge is 0.420 e. The van der Waals surface area contributed by atoms with Crippen LogP contribution < -0.4 is 4.90 Å². The van der Waals surface area contributed by atoms with Crippen LogP contribution in [0.25, 0.3) is 32.6 Å². The fraction of sp³-hybridized carbons (Fsp3) is 0.429. The summed E-state index contributed by atoms with van der Waals surface area (Å²) < 4.78 is 12.1. The molecule has 9 heteroatoms. The topological polar surface area (TPSA) is 90.7 Å². The van der Waals surface area contributed by atoms with Crippen molar-refractivity contribution in [2.75, 3.05) is 12.0 Å². The van der Waals surface area contributed by atoms with Crippen molar-refractivity contribution in [3.8, 4) is 21.6 Å². The first-order valence-corrected chi connectivity index (χ1v) is 16.0. The molecule has 4 aromatic rings. The van der Waals surface area contributed by atoms with Crippen LogP contribution in [0, 0.1) is 11.8 Å².